The van der Waals surface area contributed by atoms with Gasteiger partial charge in [-0.3, -0.25) is 0 Å². The van der Waals surface area contributed by atoms with E-state index in [1.165, 1.54) is 0 Å². The number of halogens is 3. The van der Waals surface area contributed by atoms with E-state index in [1.807, 2.05) is 6.07 Å². The van der Waals surface area contributed by atoms with Gasteiger partial charge in [0, 0.05) is 22.6 Å². The van der Waals surface area contributed by atoms with Crippen LogP contribution in [-0.4, -0.2) is 16.9 Å². The van der Waals surface area contributed by atoms with Crippen molar-refractivity contribution in [2.45, 2.75) is 26.3 Å². The minimum absolute atomic E-state index is 0.256. The highest BCUT2D eigenvalue weighted by Crippen LogP contribution is 2.25. The Labute approximate surface area is 118 Å². The maximum absolute atomic E-state index is 5.93. The molecule has 90 valence electrons. The molecule has 5 heteroatoms. The Morgan fingerprint density at radius 3 is 2.62 bits per heavy atom. The fraction of sp³-hybridized carbons (Fsp3) is 0.545. The van der Waals surface area contributed by atoms with Crippen LogP contribution < -0.4 is 5.32 Å². The molecule has 1 rings (SSSR count). The van der Waals surface area contributed by atoms with E-state index in [-0.39, 0.29) is 6.04 Å². The van der Waals surface area contributed by atoms with Crippen molar-refractivity contribution in [3.8, 4) is 0 Å². The number of hydrogen-bond donors (Lipinski definition) is 1. The molecule has 1 N–H and O–H groups in total. The first-order chi connectivity index (χ1) is 7.52. The Balaban J connectivity index is 2.70. The minimum Gasteiger partial charge on any atom is -0.365 e. The summed E-state index contributed by atoms with van der Waals surface area (Å²) in [5.74, 6) is 2.04. The number of anilines is 1. The van der Waals surface area contributed by atoms with Crippen LogP contribution in [0.3, 0.4) is 0 Å². The van der Waals surface area contributed by atoms with Crippen LogP contribution in [-0.2, 0) is 0 Å². The molecule has 0 saturated heterocycles. The highest BCUT2D eigenvalue weighted by molar-refractivity contribution is 9.11. The van der Waals surface area contributed by atoms with Crippen LogP contribution in [0, 0.1) is 5.92 Å². The average Bonchev–Trinajstić information content (AvgIpc) is 2.20. The van der Waals surface area contributed by atoms with Crippen molar-refractivity contribution in [1.82, 2.24) is 4.98 Å². The third kappa shape index (κ3) is 4.60. The molecule has 0 aromatic carbocycles. The number of hydrogen-bond acceptors (Lipinski definition) is 2. The number of nitrogens with zero attached hydrogens (tertiary/aromatic N) is 1. The van der Waals surface area contributed by atoms with E-state index in [0.717, 1.165) is 21.2 Å². The maximum atomic E-state index is 5.93. The Morgan fingerprint density at radius 2 is 2.12 bits per heavy atom. The summed E-state index contributed by atoms with van der Waals surface area (Å²) in [6.45, 7) is 4.37. The van der Waals surface area contributed by atoms with Crippen molar-refractivity contribution in [2.24, 2.45) is 5.92 Å². The molecule has 0 aliphatic heterocycles. The largest absolute Gasteiger partial charge is 0.365 e. The molecule has 1 atom stereocenters. The van der Waals surface area contributed by atoms with Gasteiger partial charge in [-0.05, 0) is 50.3 Å². The molecule has 0 saturated carbocycles. The molecule has 2 nitrogen and oxygen atoms in total. The van der Waals surface area contributed by atoms with Crippen molar-refractivity contribution < 1.29 is 0 Å². The van der Waals surface area contributed by atoms with Crippen LogP contribution in [0.15, 0.2) is 21.2 Å². The van der Waals surface area contributed by atoms with E-state index in [2.05, 4.69) is 56.0 Å². The van der Waals surface area contributed by atoms with Gasteiger partial charge in [0.05, 0.1) is 4.47 Å². The van der Waals surface area contributed by atoms with Crippen molar-refractivity contribution in [2.75, 3.05) is 11.2 Å². The Hall–Kier alpha value is 0.200. The van der Waals surface area contributed by atoms with Gasteiger partial charge >= 0.3 is 0 Å². The summed E-state index contributed by atoms with van der Waals surface area (Å²) in [7, 11) is 0. The average molecular weight is 371 g/mol. The summed E-state index contributed by atoms with van der Waals surface area (Å²) in [5.41, 5.74) is 0. The van der Waals surface area contributed by atoms with Gasteiger partial charge in [0.15, 0.2) is 0 Å². The summed E-state index contributed by atoms with van der Waals surface area (Å²) >= 11 is 12.8. The molecule has 1 unspecified atom stereocenters. The number of pyridine rings is 1. The normalized spacial score (nSPS) is 12.9. The van der Waals surface area contributed by atoms with Gasteiger partial charge in [-0.15, -0.1) is 11.6 Å². The van der Waals surface area contributed by atoms with Crippen LogP contribution in [0.4, 0.5) is 5.82 Å². The number of nitrogens with one attached hydrogen (secondary N) is 1. The molecule has 0 fully saturated rings. The molecule has 0 amide bonds. The third-order valence-corrected chi connectivity index (χ3v) is 3.50. The molecule has 0 aliphatic rings. The molecule has 1 aromatic heterocycles. The quantitative estimate of drug-likeness (QED) is 0.762. The Bertz CT molecular complexity index is 345. The molecule has 0 radical (unpaired) electrons. The lowest BCUT2D eigenvalue weighted by atomic mass is 10.1. The van der Waals surface area contributed by atoms with E-state index in [1.54, 1.807) is 6.20 Å². The van der Waals surface area contributed by atoms with Crippen LogP contribution in [0.5, 0.6) is 0 Å². The second kappa shape index (κ2) is 6.82. The Morgan fingerprint density at radius 1 is 1.44 bits per heavy atom. The van der Waals surface area contributed by atoms with Gasteiger partial charge in [0.2, 0.25) is 0 Å². The first-order valence-corrected chi connectivity index (χ1v) is 7.28. The SMILES string of the molecule is CC(C)CC(CCl)Nc1ncc(Br)cc1Br. The lowest BCUT2D eigenvalue weighted by Gasteiger charge is -2.19. The molecule has 1 heterocycles. The van der Waals surface area contributed by atoms with E-state index < -0.39 is 0 Å². The number of aromatic nitrogens is 1. The summed E-state index contributed by atoms with van der Waals surface area (Å²) in [5, 5.41) is 3.34. The zero-order chi connectivity index (χ0) is 12.1. The van der Waals surface area contributed by atoms with Crippen molar-refractivity contribution in [3.05, 3.63) is 21.2 Å². The molecule has 16 heavy (non-hydrogen) atoms. The molecular weight excluding hydrogens is 355 g/mol. The Kier molecular flexibility index (Phi) is 6.08. The van der Waals surface area contributed by atoms with Gasteiger partial charge in [-0.25, -0.2) is 4.98 Å². The highest BCUT2D eigenvalue weighted by Gasteiger charge is 2.12. The highest BCUT2D eigenvalue weighted by atomic mass is 79.9. The standard InChI is InChI=1S/C11H15Br2ClN2/c1-7(2)3-9(5-14)16-11-10(13)4-8(12)6-15-11/h4,6-7,9H,3,5H2,1-2H3,(H,15,16). The first-order valence-electron chi connectivity index (χ1n) is 5.16. The smallest absolute Gasteiger partial charge is 0.140 e. The topological polar surface area (TPSA) is 24.9 Å². The predicted molar refractivity (Wildman–Crippen MR) is 77.2 cm³/mol. The lowest BCUT2D eigenvalue weighted by molar-refractivity contribution is 0.541. The van der Waals surface area contributed by atoms with Crippen molar-refractivity contribution in [3.63, 3.8) is 0 Å². The molecule has 0 aliphatic carbocycles. The van der Waals surface area contributed by atoms with E-state index >= 15 is 0 Å². The predicted octanol–water partition coefficient (Wildman–Crippen LogP) is 4.67. The van der Waals surface area contributed by atoms with E-state index in [9.17, 15) is 0 Å². The summed E-state index contributed by atoms with van der Waals surface area (Å²) < 4.78 is 1.90. The molecule has 0 bridgehead atoms. The van der Waals surface area contributed by atoms with Crippen LogP contribution >= 0.6 is 43.5 Å². The zero-order valence-electron chi connectivity index (χ0n) is 9.30. The molecular formula is C11H15Br2ClN2. The lowest BCUT2D eigenvalue weighted by Crippen LogP contribution is -2.24. The maximum Gasteiger partial charge on any atom is 0.140 e. The summed E-state index contributed by atoms with van der Waals surface area (Å²) in [6.07, 6.45) is 2.81. The minimum atomic E-state index is 0.256. The van der Waals surface area contributed by atoms with Gasteiger partial charge in [-0.2, -0.15) is 0 Å². The summed E-state index contributed by atoms with van der Waals surface area (Å²) in [4.78, 5) is 4.31. The second-order valence-electron chi connectivity index (χ2n) is 4.11. The van der Waals surface area contributed by atoms with Gasteiger partial charge in [0.1, 0.15) is 5.82 Å². The van der Waals surface area contributed by atoms with Gasteiger partial charge in [0.25, 0.3) is 0 Å². The molecule has 0 spiro atoms. The fourth-order valence-corrected chi connectivity index (χ4v) is 2.75. The fourth-order valence-electron chi connectivity index (χ4n) is 1.44. The number of rotatable bonds is 5. The van der Waals surface area contributed by atoms with E-state index in [0.29, 0.717) is 11.8 Å². The monoisotopic (exact) mass is 368 g/mol. The molecule has 1 aromatic rings. The van der Waals surface area contributed by atoms with Crippen molar-refractivity contribution in [1.29, 1.82) is 0 Å². The van der Waals surface area contributed by atoms with E-state index in [4.69, 9.17) is 11.6 Å². The van der Waals surface area contributed by atoms with Crippen LogP contribution in [0.1, 0.15) is 20.3 Å². The third-order valence-electron chi connectivity index (χ3n) is 2.09. The second-order valence-corrected chi connectivity index (χ2v) is 6.19. The van der Waals surface area contributed by atoms with Crippen molar-refractivity contribution >= 4 is 49.3 Å². The zero-order valence-corrected chi connectivity index (χ0v) is 13.2. The van der Waals surface area contributed by atoms with Gasteiger partial charge < -0.3 is 5.32 Å². The first kappa shape index (κ1) is 14.3. The summed E-state index contributed by atoms with van der Waals surface area (Å²) in [6, 6.07) is 2.22. The van der Waals surface area contributed by atoms with Gasteiger partial charge in [-0.1, -0.05) is 13.8 Å². The van der Waals surface area contributed by atoms with Crippen LogP contribution in [0.2, 0.25) is 0 Å². The van der Waals surface area contributed by atoms with Crippen LogP contribution in [0.25, 0.3) is 0 Å². The number of alkyl halides is 1.